The van der Waals surface area contributed by atoms with E-state index in [0.29, 0.717) is 28.8 Å². The molecule has 0 atom stereocenters. The Bertz CT molecular complexity index is 1290. The molecular formula is C22H16N6O2. The first-order valence-electron chi connectivity index (χ1n) is 9.21. The number of hydrogen-bond donors (Lipinski definition) is 2. The molecule has 2 N–H and O–H groups in total. The Morgan fingerprint density at radius 1 is 0.867 bits per heavy atom. The molecule has 0 unspecified atom stereocenters. The van der Waals surface area contributed by atoms with Crippen LogP contribution in [-0.2, 0) is 0 Å². The van der Waals surface area contributed by atoms with E-state index < -0.39 is 0 Å². The van der Waals surface area contributed by atoms with Gasteiger partial charge in [0.1, 0.15) is 11.5 Å². The van der Waals surface area contributed by atoms with Crippen molar-refractivity contribution in [2.24, 2.45) is 0 Å². The number of nitrogens with one attached hydrogen (secondary N) is 1. The van der Waals surface area contributed by atoms with Gasteiger partial charge in [0, 0.05) is 24.3 Å². The maximum absolute atomic E-state index is 10.6. The second-order valence-electron chi connectivity index (χ2n) is 6.44. The van der Waals surface area contributed by atoms with Gasteiger partial charge in [-0.2, -0.15) is 9.50 Å². The molecule has 0 aliphatic rings. The summed E-state index contributed by atoms with van der Waals surface area (Å²) >= 11 is 0. The molecule has 5 rings (SSSR count). The van der Waals surface area contributed by atoms with Gasteiger partial charge < -0.3 is 15.2 Å². The second kappa shape index (κ2) is 7.51. The summed E-state index contributed by atoms with van der Waals surface area (Å²) in [5, 5.41) is 18.1. The first kappa shape index (κ1) is 17.6. The van der Waals surface area contributed by atoms with E-state index in [9.17, 15) is 5.11 Å². The van der Waals surface area contributed by atoms with Crippen molar-refractivity contribution in [2.45, 2.75) is 0 Å². The van der Waals surface area contributed by atoms with Crippen LogP contribution in [0.1, 0.15) is 0 Å². The molecule has 0 amide bonds. The molecule has 8 nitrogen and oxygen atoms in total. The van der Waals surface area contributed by atoms with Crippen LogP contribution in [0.5, 0.6) is 17.4 Å². The van der Waals surface area contributed by atoms with Crippen molar-refractivity contribution in [3.63, 3.8) is 0 Å². The minimum absolute atomic E-state index is 0.0205. The topological polar surface area (TPSA) is 97.5 Å². The lowest BCUT2D eigenvalue weighted by Gasteiger charge is -2.06. The quantitative estimate of drug-likeness (QED) is 0.454. The van der Waals surface area contributed by atoms with Crippen LogP contribution in [0.3, 0.4) is 0 Å². The molecule has 0 spiro atoms. The van der Waals surface area contributed by atoms with Gasteiger partial charge in [0.05, 0.1) is 5.56 Å². The van der Waals surface area contributed by atoms with Crippen LogP contribution in [0.25, 0.3) is 16.9 Å². The van der Waals surface area contributed by atoms with Crippen LogP contribution in [0.4, 0.5) is 11.6 Å². The molecule has 0 saturated carbocycles. The number of fused-ring (bicyclic) bond motifs is 1. The molecule has 0 fully saturated rings. The third-order valence-electron chi connectivity index (χ3n) is 4.42. The fraction of sp³-hybridized carbons (Fsp3) is 0. The van der Waals surface area contributed by atoms with Crippen molar-refractivity contribution < 1.29 is 9.84 Å². The molecule has 3 heterocycles. The normalized spacial score (nSPS) is 10.8. The number of nitrogens with zero attached hydrogens (tertiary/aromatic N) is 5. The Balaban J connectivity index is 1.37. The maximum Gasteiger partial charge on any atom is 0.257 e. The van der Waals surface area contributed by atoms with Crippen molar-refractivity contribution in [3.05, 3.63) is 85.3 Å². The SMILES string of the molecule is Oc1c(-c2ccccc2)cnc2nc(Nc3ccc(Oc4ccncc4)cc3)nn12. The highest BCUT2D eigenvalue weighted by molar-refractivity contribution is 5.69. The van der Waals surface area contributed by atoms with Gasteiger partial charge in [0.15, 0.2) is 0 Å². The number of ether oxygens (including phenoxy) is 1. The summed E-state index contributed by atoms with van der Waals surface area (Å²) in [5.74, 6) is 2.01. The maximum atomic E-state index is 10.6. The van der Waals surface area contributed by atoms with E-state index in [0.717, 1.165) is 11.3 Å². The number of anilines is 2. The fourth-order valence-corrected chi connectivity index (χ4v) is 2.98. The Morgan fingerprint density at radius 3 is 2.37 bits per heavy atom. The van der Waals surface area contributed by atoms with Crippen molar-refractivity contribution in [1.82, 2.24) is 24.6 Å². The molecule has 0 radical (unpaired) electrons. The van der Waals surface area contributed by atoms with Crippen molar-refractivity contribution >= 4 is 17.4 Å². The third-order valence-corrected chi connectivity index (χ3v) is 4.42. The molecule has 146 valence electrons. The van der Waals surface area contributed by atoms with Crippen LogP contribution >= 0.6 is 0 Å². The zero-order valence-electron chi connectivity index (χ0n) is 15.7. The average molecular weight is 396 g/mol. The highest BCUT2D eigenvalue weighted by Gasteiger charge is 2.13. The van der Waals surface area contributed by atoms with Gasteiger partial charge in [-0.05, 0) is 42.0 Å². The predicted octanol–water partition coefficient (Wildman–Crippen LogP) is 4.43. The standard InChI is InChI=1S/C22H16N6O2/c29-20-19(15-4-2-1-3-5-15)14-24-22-26-21(27-28(20)22)25-16-6-8-17(9-7-16)30-18-10-12-23-13-11-18/h1-14,29H,(H,25,27). The lowest BCUT2D eigenvalue weighted by Crippen LogP contribution is -1.95. The first-order valence-corrected chi connectivity index (χ1v) is 9.21. The van der Waals surface area contributed by atoms with Gasteiger partial charge >= 0.3 is 0 Å². The van der Waals surface area contributed by atoms with E-state index in [1.165, 1.54) is 4.52 Å². The third kappa shape index (κ3) is 3.49. The Morgan fingerprint density at radius 2 is 1.60 bits per heavy atom. The number of benzene rings is 2. The largest absolute Gasteiger partial charge is 0.493 e. The van der Waals surface area contributed by atoms with E-state index >= 15 is 0 Å². The van der Waals surface area contributed by atoms with E-state index in [-0.39, 0.29) is 5.88 Å². The second-order valence-corrected chi connectivity index (χ2v) is 6.44. The summed E-state index contributed by atoms with van der Waals surface area (Å²) in [6, 6.07) is 20.5. The molecule has 0 saturated heterocycles. The summed E-state index contributed by atoms with van der Waals surface area (Å²) in [7, 11) is 0. The molecule has 8 heteroatoms. The molecule has 0 aliphatic heterocycles. The average Bonchev–Trinajstić information content (AvgIpc) is 3.20. The highest BCUT2D eigenvalue weighted by atomic mass is 16.5. The van der Waals surface area contributed by atoms with E-state index in [2.05, 4.69) is 25.4 Å². The Kier molecular flexibility index (Phi) is 4.41. The summed E-state index contributed by atoms with van der Waals surface area (Å²) in [6.07, 6.45) is 4.93. The number of aromatic nitrogens is 5. The van der Waals surface area contributed by atoms with Crippen LogP contribution in [0.15, 0.2) is 85.3 Å². The Hall–Kier alpha value is -4.46. The van der Waals surface area contributed by atoms with Gasteiger partial charge in [-0.3, -0.25) is 4.98 Å². The zero-order valence-corrected chi connectivity index (χ0v) is 15.7. The van der Waals surface area contributed by atoms with E-state index in [1.54, 1.807) is 30.7 Å². The van der Waals surface area contributed by atoms with Crippen LogP contribution < -0.4 is 10.1 Å². The lowest BCUT2D eigenvalue weighted by atomic mass is 10.1. The molecule has 0 bridgehead atoms. The summed E-state index contributed by atoms with van der Waals surface area (Å²) in [6.45, 7) is 0. The number of hydrogen-bond acceptors (Lipinski definition) is 7. The minimum Gasteiger partial charge on any atom is -0.493 e. The summed E-state index contributed by atoms with van der Waals surface area (Å²) in [5.41, 5.74) is 2.20. The van der Waals surface area contributed by atoms with Gasteiger partial charge in [-0.15, -0.1) is 5.10 Å². The Labute approximate surface area is 171 Å². The fourth-order valence-electron chi connectivity index (χ4n) is 2.98. The van der Waals surface area contributed by atoms with Gasteiger partial charge in [0.2, 0.25) is 11.8 Å². The van der Waals surface area contributed by atoms with Gasteiger partial charge in [-0.25, -0.2) is 4.98 Å². The minimum atomic E-state index is -0.0205. The van der Waals surface area contributed by atoms with Crippen LogP contribution in [-0.4, -0.2) is 29.7 Å². The summed E-state index contributed by atoms with van der Waals surface area (Å²) < 4.78 is 7.07. The van der Waals surface area contributed by atoms with Gasteiger partial charge in [-0.1, -0.05) is 30.3 Å². The van der Waals surface area contributed by atoms with Crippen molar-refractivity contribution in [3.8, 4) is 28.5 Å². The smallest absolute Gasteiger partial charge is 0.257 e. The molecule has 5 aromatic rings. The lowest BCUT2D eigenvalue weighted by molar-refractivity contribution is 0.438. The molecular weight excluding hydrogens is 380 g/mol. The summed E-state index contributed by atoms with van der Waals surface area (Å²) in [4.78, 5) is 12.6. The monoisotopic (exact) mass is 396 g/mol. The van der Waals surface area contributed by atoms with Crippen LogP contribution in [0, 0.1) is 0 Å². The molecule has 3 aromatic heterocycles. The first-order chi connectivity index (χ1) is 14.8. The van der Waals surface area contributed by atoms with Crippen molar-refractivity contribution in [1.29, 1.82) is 0 Å². The van der Waals surface area contributed by atoms with E-state index in [1.807, 2.05) is 54.6 Å². The van der Waals surface area contributed by atoms with Crippen LogP contribution in [0.2, 0.25) is 0 Å². The predicted molar refractivity (Wildman–Crippen MR) is 112 cm³/mol. The number of pyridine rings is 1. The molecule has 0 aliphatic carbocycles. The molecule has 30 heavy (non-hydrogen) atoms. The highest BCUT2D eigenvalue weighted by Crippen LogP contribution is 2.29. The van der Waals surface area contributed by atoms with Crippen molar-refractivity contribution in [2.75, 3.05) is 5.32 Å². The van der Waals surface area contributed by atoms with Gasteiger partial charge in [0.25, 0.3) is 5.78 Å². The number of rotatable bonds is 5. The number of aromatic hydroxyl groups is 1. The molecule has 2 aromatic carbocycles. The zero-order chi connectivity index (χ0) is 20.3. The van der Waals surface area contributed by atoms with E-state index in [4.69, 9.17) is 4.74 Å².